The van der Waals surface area contributed by atoms with Gasteiger partial charge in [-0.2, -0.15) is 0 Å². The first-order valence-electron chi connectivity index (χ1n) is 6.69. The van der Waals surface area contributed by atoms with Crippen molar-refractivity contribution in [2.24, 2.45) is 0 Å². The quantitative estimate of drug-likeness (QED) is 0.804. The Morgan fingerprint density at radius 3 is 2.94 bits per heavy atom. The predicted molar refractivity (Wildman–Crippen MR) is 68.0 cm³/mol. The lowest BCUT2D eigenvalue weighted by Gasteiger charge is -2.24. The normalized spacial score (nSPS) is 22.9. The van der Waals surface area contributed by atoms with Crippen molar-refractivity contribution < 1.29 is 14.3 Å². The fourth-order valence-electron chi connectivity index (χ4n) is 2.80. The van der Waals surface area contributed by atoms with Crippen LogP contribution in [-0.4, -0.2) is 18.7 Å². The molecule has 0 aromatic heterocycles. The van der Waals surface area contributed by atoms with Gasteiger partial charge in [0.2, 0.25) is 0 Å². The number of hydrogen-bond donors (Lipinski definition) is 0. The molecule has 0 radical (unpaired) electrons. The molecular weight excluding hydrogens is 228 g/mol. The molecule has 1 heterocycles. The van der Waals surface area contributed by atoms with Gasteiger partial charge in [0.25, 0.3) is 0 Å². The van der Waals surface area contributed by atoms with Gasteiger partial charge in [-0.25, -0.2) is 0 Å². The summed E-state index contributed by atoms with van der Waals surface area (Å²) in [7, 11) is 0. The van der Waals surface area contributed by atoms with Crippen LogP contribution in [0.4, 0.5) is 0 Å². The van der Waals surface area contributed by atoms with Crippen molar-refractivity contribution in [1.29, 1.82) is 0 Å². The third kappa shape index (κ3) is 2.03. The minimum Gasteiger partial charge on any atom is -0.465 e. The summed E-state index contributed by atoms with van der Waals surface area (Å²) in [6.07, 6.45) is 4.49. The van der Waals surface area contributed by atoms with Crippen LogP contribution >= 0.6 is 0 Å². The highest BCUT2D eigenvalue weighted by molar-refractivity contribution is 6.02. The van der Waals surface area contributed by atoms with E-state index in [2.05, 4.69) is 0 Å². The molecule has 1 atom stereocenters. The van der Waals surface area contributed by atoms with Crippen molar-refractivity contribution in [2.45, 2.75) is 45.3 Å². The molecule has 0 N–H and O–H groups in total. The Balaban J connectivity index is 1.87. The molecule has 18 heavy (non-hydrogen) atoms. The summed E-state index contributed by atoms with van der Waals surface area (Å²) in [4.78, 5) is 11.8. The second-order valence-electron chi connectivity index (χ2n) is 5.07. The number of rotatable bonds is 2. The zero-order valence-corrected chi connectivity index (χ0v) is 10.7. The van der Waals surface area contributed by atoms with E-state index in [0.29, 0.717) is 6.42 Å². The minimum atomic E-state index is -0.138. The molecule has 0 spiro atoms. The molecule has 2 aliphatic rings. The second kappa shape index (κ2) is 4.73. The Bertz CT molecular complexity index is 473. The van der Waals surface area contributed by atoms with Crippen LogP contribution in [0.5, 0.6) is 5.75 Å². The standard InChI is InChI=1S/C15H18O3/c1-10-5-8-13(11-6-7-12(16)15(10)11)18-14-4-2-3-9-17-14/h5,8,14H,2-4,6-7,9H2,1H3/t14-/m1/s1. The van der Waals surface area contributed by atoms with Crippen molar-refractivity contribution in [3.8, 4) is 5.75 Å². The topological polar surface area (TPSA) is 35.5 Å². The zero-order chi connectivity index (χ0) is 12.5. The van der Waals surface area contributed by atoms with E-state index in [0.717, 1.165) is 54.7 Å². The highest BCUT2D eigenvalue weighted by atomic mass is 16.7. The first kappa shape index (κ1) is 11.7. The summed E-state index contributed by atoms with van der Waals surface area (Å²) in [5, 5.41) is 0. The maximum atomic E-state index is 11.8. The molecule has 1 fully saturated rings. The van der Waals surface area contributed by atoms with Crippen LogP contribution in [0.15, 0.2) is 12.1 Å². The van der Waals surface area contributed by atoms with E-state index in [1.807, 2.05) is 19.1 Å². The van der Waals surface area contributed by atoms with E-state index in [1.165, 1.54) is 0 Å². The van der Waals surface area contributed by atoms with Gasteiger partial charge in [0.1, 0.15) is 5.75 Å². The fraction of sp³-hybridized carbons (Fsp3) is 0.533. The molecule has 0 amide bonds. The average molecular weight is 246 g/mol. The summed E-state index contributed by atoms with van der Waals surface area (Å²) in [5.74, 6) is 1.09. The highest BCUT2D eigenvalue weighted by Crippen LogP contribution is 2.34. The van der Waals surface area contributed by atoms with Gasteiger partial charge in [-0.1, -0.05) is 6.07 Å². The van der Waals surface area contributed by atoms with Crippen LogP contribution in [0.25, 0.3) is 0 Å². The molecule has 0 bridgehead atoms. The summed E-state index contributed by atoms with van der Waals surface area (Å²) in [6.45, 7) is 2.76. The maximum Gasteiger partial charge on any atom is 0.199 e. The first-order valence-corrected chi connectivity index (χ1v) is 6.69. The van der Waals surface area contributed by atoms with Gasteiger partial charge in [-0.3, -0.25) is 4.79 Å². The number of benzene rings is 1. The Kier molecular flexibility index (Phi) is 3.08. The summed E-state index contributed by atoms with van der Waals surface area (Å²) >= 11 is 0. The van der Waals surface area contributed by atoms with Gasteiger partial charge in [0.15, 0.2) is 12.1 Å². The van der Waals surface area contributed by atoms with E-state index in [1.54, 1.807) is 0 Å². The Hall–Kier alpha value is -1.35. The van der Waals surface area contributed by atoms with Gasteiger partial charge in [-0.15, -0.1) is 0 Å². The van der Waals surface area contributed by atoms with Crippen molar-refractivity contribution >= 4 is 5.78 Å². The summed E-state index contributed by atoms with van der Waals surface area (Å²) < 4.78 is 11.5. The highest BCUT2D eigenvalue weighted by Gasteiger charge is 2.26. The van der Waals surface area contributed by atoms with Gasteiger partial charge in [0, 0.05) is 24.0 Å². The molecule has 1 aromatic rings. The van der Waals surface area contributed by atoms with Crippen molar-refractivity contribution in [3.05, 3.63) is 28.8 Å². The van der Waals surface area contributed by atoms with Crippen LogP contribution in [0.3, 0.4) is 0 Å². The lowest BCUT2D eigenvalue weighted by molar-refractivity contribution is -0.106. The molecule has 0 unspecified atom stereocenters. The van der Waals surface area contributed by atoms with Gasteiger partial charge < -0.3 is 9.47 Å². The first-order chi connectivity index (χ1) is 8.75. The fourth-order valence-corrected chi connectivity index (χ4v) is 2.80. The van der Waals surface area contributed by atoms with E-state index in [9.17, 15) is 4.79 Å². The Morgan fingerprint density at radius 2 is 2.17 bits per heavy atom. The number of fused-ring (bicyclic) bond motifs is 1. The number of hydrogen-bond acceptors (Lipinski definition) is 3. The van der Waals surface area contributed by atoms with Crippen LogP contribution in [0.1, 0.15) is 47.2 Å². The van der Waals surface area contributed by atoms with Crippen LogP contribution in [-0.2, 0) is 11.2 Å². The molecule has 1 aliphatic carbocycles. The molecule has 3 nitrogen and oxygen atoms in total. The van der Waals surface area contributed by atoms with Crippen LogP contribution in [0.2, 0.25) is 0 Å². The van der Waals surface area contributed by atoms with Crippen molar-refractivity contribution in [2.75, 3.05) is 6.61 Å². The predicted octanol–water partition coefficient (Wildman–Crippen LogP) is 3.03. The SMILES string of the molecule is Cc1ccc(O[C@@H]2CCCCO2)c2c1C(=O)CC2. The number of Topliss-reactive ketones (excluding diaryl/α,β-unsaturated/α-hetero) is 1. The monoisotopic (exact) mass is 246 g/mol. The van der Waals surface area contributed by atoms with E-state index in [-0.39, 0.29) is 12.1 Å². The lowest BCUT2D eigenvalue weighted by Crippen LogP contribution is -2.25. The van der Waals surface area contributed by atoms with Gasteiger partial charge in [-0.05, 0) is 37.8 Å². The second-order valence-corrected chi connectivity index (χ2v) is 5.07. The number of ether oxygens (including phenoxy) is 2. The molecule has 1 aromatic carbocycles. The number of aryl methyl sites for hydroxylation is 1. The number of ketones is 1. The Labute approximate surface area is 107 Å². The van der Waals surface area contributed by atoms with E-state index < -0.39 is 0 Å². The molecule has 1 saturated heterocycles. The number of carbonyl (C=O) groups excluding carboxylic acids is 1. The van der Waals surface area contributed by atoms with Crippen LogP contribution < -0.4 is 4.74 Å². The van der Waals surface area contributed by atoms with Gasteiger partial charge >= 0.3 is 0 Å². The third-order valence-electron chi connectivity index (χ3n) is 3.76. The Morgan fingerprint density at radius 1 is 1.28 bits per heavy atom. The molecule has 96 valence electrons. The molecule has 1 aliphatic heterocycles. The summed E-state index contributed by atoms with van der Waals surface area (Å²) in [5.41, 5.74) is 3.02. The average Bonchev–Trinajstić information content (AvgIpc) is 2.78. The van der Waals surface area contributed by atoms with Crippen LogP contribution in [0, 0.1) is 6.92 Å². The smallest absolute Gasteiger partial charge is 0.199 e. The molecular formula is C15H18O3. The maximum absolute atomic E-state index is 11.8. The van der Waals surface area contributed by atoms with Crippen molar-refractivity contribution in [1.82, 2.24) is 0 Å². The molecule has 3 rings (SSSR count). The minimum absolute atomic E-state index is 0.138. The summed E-state index contributed by atoms with van der Waals surface area (Å²) in [6, 6.07) is 3.95. The number of carbonyl (C=O) groups is 1. The zero-order valence-electron chi connectivity index (χ0n) is 10.7. The lowest BCUT2D eigenvalue weighted by atomic mass is 10.0. The molecule has 0 saturated carbocycles. The van der Waals surface area contributed by atoms with E-state index >= 15 is 0 Å². The largest absolute Gasteiger partial charge is 0.465 e. The van der Waals surface area contributed by atoms with Gasteiger partial charge in [0.05, 0.1) is 6.61 Å². The third-order valence-corrected chi connectivity index (χ3v) is 3.76. The van der Waals surface area contributed by atoms with E-state index in [4.69, 9.17) is 9.47 Å². The van der Waals surface area contributed by atoms with Crippen molar-refractivity contribution in [3.63, 3.8) is 0 Å². The molecule has 3 heteroatoms.